The number of carbonyl (C=O) groups is 2. The van der Waals surface area contributed by atoms with Crippen LogP contribution in [0.4, 0.5) is 0 Å². The van der Waals surface area contributed by atoms with E-state index in [0.717, 1.165) is 45.8 Å². The lowest BCUT2D eigenvalue weighted by Gasteiger charge is -2.13. The number of aliphatic hydroxyl groups is 1. The molecule has 0 bridgehead atoms. The largest absolute Gasteiger partial charge is 0.393 e. The standard InChI is InChI=1S/C26H23N3O3/c1-28-13-19(17-6-2-4-8-21(17)28)23-24(26(32)27-25(23)31)20-14-29(15-10-11-16(30)12-15)22-9-5-3-7-18(20)22/h2-9,13-16,30H,10-12H2,1H3,(H,27,31,32)/t15-,16+/m0/s1. The van der Waals surface area contributed by atoms with Crippen molar-refractivity contribution >= 4 is 44.8 Å². The highest BCUT2D eigenvalue weighted by atomic mass is 16.3. The zero-order valence-corrected chi connectivity index (χ0v) is 17.7. The molecule has 2 aromatic carbocycles. The smallest absolute Gasteiger partial charge is 0.259 e. The molecular formula is C26H23N3O3. The number of rotatable bonds is 3. The number of carbonyl (C=O) groups excluding carboxylic acids is 2. The second-order valence-electron chi connectivity index (χ2n) is 8.79. The molecule has 2 N–H and O–H groups in total. The number of aryl methyl sites for hydroxylation is 1. The summed E-state index contributed by atoms with van der Waals surface area (Å²) in [5.41, 5.74) is 4.37. The summed E-state index contributed by atoms with van der Waals surface area (Å²) in [6, 6.07) is 16.0. The number of para-hydroxylation sites is 2. The van der Waals surface area contributed by atoms with Crippen molar-refractivity contribution in [3.05, 3.63) is 72.1 Å². The molecule has 32 heavy (non-hydrogen) atoms. The van der Waals surface area contributed by atoms with E-state index in [2.05, 4.69) is 9.88 Å². The maximum absolute atomic E-state index is 13.1. The number of fused-ring (bicyclic) bond motifs is 2. The minimum absolute atomic E-state index is 0.172. The van der Waals surface area contributed by atoms with Crippen molar-refractivity contribution in [3.8, 4) is 0 Å². The Bertz CT molecular complexity index is 1460. The first-order valence-electron chi connectivity index (χ1n) is 11.0. The van der Waals surface area contributed by atoms with Crippen LogP contribution in [-0.2, 0) is 16.6 Å². The van der Waals surface area contributed by atoms with E-state index in [4.69, 9.17) is 0 Å². The second-order valence-corrected chi connectivity index (χ2v) is 8.79. The Hall–Kier alpha value is -3.64. The molecule has 0 spiro atoms. The number of nitrogens with one attached hydrogen (secondary N) is 1. The van der Waals surface area contributed by atoms with E-state index >= 15 is 0 Å². The van der Waals surface area contributed by atoms with Crippen LogP contribution in [0.2, 0.25) is 0 Å². The number of benzene rings is 2. The summed E-state index contributed by atoms with van der Waals surface area (Å²) >= 11 is 0. The first kappa shape index (κ1) is 19.1. The molecule has 2 aromatic heterocycles. The van der Waals surface area contributed by atoms with E-state index in [0.29, 0.717) is 17.6 Å². The van der Waals surface area contributed by atoms with Crippen molar-refractivity contribution in [2.45, 2.75) is 31.4 Å². The molecule has 0 radical (unpaired) electrons. The number of nitrogens with zero attached hydrogens (tertiary/aromatic N) is 2. The minimum Gasteiger partial charge on any atom is -0.393 e. The Morgan fingerprint density at radius 2 is 1.44 bits per heavy atom. The van der Waals surface area contributed by atoms with Gasteiger partial charge in [0.25, 0.3) is 11.8 Å². The molecule has 0 unspecified atom stereocenters. The summed E-state index contributed by atoms with van der Waals surface area (Å²) in [6.07, 6.45) is 5.97. The van der Waals surface area contributed by atoms with E-state index in [1.54, 1.807) is 0 Å². The van der Waals surface area contributed by atoms with Crippen molar-refractivity contribution in [1.82, 2.24) is 14.5 Å². The highest BCUT2D eigenvalue weighted by molar-refractivity contribution is 6.50. The van der Waals surface area contributed by atoms with Crippen LogP contribution in [0.15, 0.2) is 60.9 Å². The summed E-state index contributed by atoms with van der Waals surface area (Å²) in [6.45, 7) is 0. The Balaban J connectivity index is 1.63. The minimum atomic E-state index is -0.368. The van der Waals surface area contributed by atoms with Gasteiger partial charge in [0.05, 0.1) is 17.3 Å². The third kappa shape index (κ3) is 2.69. The van der Waals surface area contributed by atoms with Gasteiger partial charge in [-0.05, 0) is 31.4 Å². The summed E-state index contributed by atoms with van der Waals surface area (Å²) < 4.78 is 4.15. The Labute approximate surface area is 184 Å². The molecule has 160 valence electrons. The van der Waals surface area contributed by atoms with Gasteiger partial charge in [-0.25, -0.2) is 0 Å². The van der Waals surface area contributed by atoms with Crippen LogP contribution in [0.25, 0.3) is 33.0 Å². The highest BCUT2D eigenvalue weighted by Crippen LogP contribution is 2.41. The third-order valence-electron chi connectivity index (χ3n) is 6.88. The number of imide groups is 1. The maximum Gasteiger partial charge on any atom is 0.259 e. The zero-order valence-electron chi connectivity index (χ0n) is 17.7. The van der Waals surface area contributed by atoms with Gasteiger partial charge in [0.15, 0.2) is 0 Å². The SMILES string of the molecule is Cn1cc(C2=C(c3cn([C@H]4CC[C@@H](O)C4)c4ccccc34)C(=O)NC2=O)c2ccccc21. The summed E-state index contributed by atoms with van der Waals surface area (Å²) in [5, 5.41) is 14.5. The van der Waals surface area contributed by atoms with Gasteiger partial charge in [-0.2, -0.15) is 0 Å². The average Bonchev–Trinajstić information content (AvgIpc) is 3.53. The Morgan fingerprint density at radius 3 is 2.09 bits per heavy atom. The molecule has 2 atom stereocenters. The van der Waals surface area contributed by atoms with E-state index in [-0.39, 0.29) is 24.0 Å². The highest BCUT2D eigenvalue weighted by Gasteiger charge is 2.36. The summed E-state index contributed by atoms with van der Waals surface area (Å²) in [5.74, 6) is -0.734. The lowest BCUT2D eigenvalue weighted by Crippen LogP contribution is -2.22. The number of hydrogen-bond donors (Lipinski definition) is 2. The number of aromatic nitrogens is 2. The van der Waals surface area contributed by atoms with Gasteiger partial charge < -0.3 is 14.2 Å². The van der Waals surface area contributed by atoms with Crippen molar-refractivity contribution in [1.29, 1.82) is 0 Å². The van der Waals surface area contributed by atoms with Gasteiger partial charge in [-0.1, -0.05) is 36.4 Å². The van der Waals surface area contributed by atoms with Crippen LogP contribution in [0.3, 0.4) is 0 Å². The molecule has 6 nitrogen and oxygen atoms in total. The van der Waals surface area contributed by atoms with E-state index < -0.39 is 0 Å². The second kappa shape index (κ2) is 6.93. The molecule has 0 saturated heterocycles. The predicted molar refractivity (Wildman–Crippen MR) is 124 cm³/mol. The monoisotopic (exact) mass is 425 g/mol. The maximum atomic E-state index is 13.1. The Morgan fingerprint density at radius 1 is 0.844 bits per heavy atom. The van der Waals surface area contributed by atoms with Crippen LogP contribution in [0.1, 0.15) is 36.4 Å². The molecule has 1 aliphatic carbocycles. The van der Waals surface area contributed by atoms with Gasteiger partial charge in [-0.15, -0.1) is 0 Å². The topological polar surface area (TPSA) is 76.3 Å². The molecule has 6 rings (SSSR count). The summed E-state index contributed by atoms with van der Waals surface area (Å²) in [4.78, 5) is 26.1. The summed E-state index contributed by atoms with van der Waals surface area (Å²) in [7, 11) is 1.94. The number of aliphatic hydroxyl groups excluding tert-OH is 1. The van der Waals surface area contributed by atoms with Gasteiger partial charge >= 0.3 is 0 Å². The molecule has 1 fully saturated rings. The lowest BCUT2D eigenvalue weighted by atomic mass is 9.95. The van der Waals surface area contributed by atoms with Crippen LogP contribution in [0, 0.1) is 0 Å². The van der Waals surface area contributed by atoms with Crippen molar-refractivity contribution in [3.63, 3.8) is 0 Å². The van der Waals surface area contributed by atoms with Crippen molar-refractivity contribution in [2.24, 2.45) is 7.05 Å². The fourth-order valence-electron chi connectivity index (χ4n) is 5.40. The van der Waals surface area contributed by atoms with E-state index in [9.17, 15) is 14.7 Å². The van der Waals surface area contributed by atoms with Crippen LogP contribution < -0.4 is 5.32 Å². The van der Waals surface area contributed by atoms with Crippen LogP contribution in [-0.4, -0.2) is 32.2 Å². The number of amides is 2. The van der Waals surface area contributed by atoms with Gasteiger partial charge in [0.2, 0.25) is 0 Å². The normalized spacial score (nSPS) is 21.3. The van der Waals surface area contributed by atoms with Gasteiger partial charge in [0, 0.05) is 58.4 Å². The molecule has 4 aromatic rings. The van der Waals surface area contributed by atoms with Crippen molar-refractivity contribution < 1.29 is 14.7 Å². The molecule has 3 heterocycles. The molecular weight excluding hydrogens is 402 g/mol. The fraction of sp³-hybridized carbons (Fsp3) is 0.231. The number of hydrogen-bond acceptors (Lipinski definition) is 3. The molecule has 1 saturated carbocycles. The first-order valence-corrected chi connectivity index (χ1v) is 11.0. The quantitative estimate of drug-likeness (QED) is 0.491. The van der Waals surface area contributed by atoms with E-state index in [1.807, 2.05) is 72.5 Å². The van der Waals surface area contributed by atoms with Crippen LogP contribution in [0.5, 0.6) is 0 Å². The van der Waals surface area contributed by atoms with Crippen LogP contribution >= 0.6 is 0 Å². The average molecular weight is 425 g/mol. The van der Waals surface area contributed by atoms with Gasteiger partial charge in [-0.3, -0.25) is 14.9 Å². The fourth-order valence-corrected chi connectivity index (χ4v) is 5.40. The lowest BCUT2D eigenvalue weighted by molar-refractivity contribution is -0.122. The molecule has 6 heteroatoms. The predicted octanol–water partition coefficient (Wildman–Crippen LogP) is 3.79. The molecule has 2 aliphatic rings. The van der Waals surface area contributed by atoms with Gasteiger partial charge in [0.1, 0.15) is 0 Å². The first-order chi connectivity index (χ1) is 15.5. The zero-order chi connectivity index (χ0) is 22.0. The van der Waals surface area contributed by atoms with Crippen molar-refractivity contribution in [2.75, 3.05) is 0 Å². The third-order valence-corrected chi connectivity index (χ3v) is 6.88. The molecule has 2 amide bonds. The van der Waals surface area contributed by atoms with E-state index in [1.165, 1.54) is 0 Å². The molecule has 1 aliphatic heterocycles. The Kier molecular flexibility index (Phi) is 4.13.